The number of aromatic nitrogens is 2. The summed E-state index contributed by atoms with van der Waals surface area (Å²) in [6, 6.07) is 16.6. The van der Waals surface area contributed by atoms with E-state index in [1.165, 1.54) is 7.11 Å². The summed E-state index contributed by atoms with van der Waals surface area (Å²) in [5, 5.41) is 5.02. The number of benzene rings is 2. The smallest absolute Gasteiger partial charge is 0.327 e. The molecule has 2 aromatic carbocycles. The Labute approximate surface area is 198 Å². The Morgan fingerprint density at radius 2 is 1.73 bits per heavy atom. The lowest BCUT2D eigenvalue weighted by atomic mass is 10.0. The molecule has 1 amide bonds. The average Bonchev–Trinajstić information content (AvgIpc) is 3.34. The van der Waals surface area contributed by atoms with E-state index in [4.69, 9.17) is 16.3 Å². The van der Waals surface area contributed by atoms with Crippen LogP contribution in [-0.4, -0.2) is 64.7 Å². The lowest BCUT2D eigenvalue weighted by molar-refractivity contribution is -0.148. The van der Waals surface area contributed by atoms with Gasteiger partial charge >= 0.3 is 5.97 Å². The zero-order valence-electron chi connectivity index (χ0n) is 18.6. The normalized spacial score (nSPS) is 15.3. The van der Waals surface area contributed by atoms with Gasteiger partial charge in [0, 0.05) is 43.8 Å². The van der Waals surface area contributed by atoms with Gasteiger partial charge in [-0.25, -0.2) is 9.48 Å². The van der Waals surface area contributed by atoms with Crippen molar-refractivity contribution in [3.63, 3.8) is 0 Å². The van der Waals surface area contributed by atoms with Gasteiger partial charge < -0.3 is 9.64 Å². The first kappa shape index (κ1) is 23.0. The predicted octanol–water partition coefficient (Wildman–Crippen LogP) is 3.52. The van der Waals surface area contributed by atoms with E-state index >= 15 is 0 Å². The van der Waals surface area contributed by atoms with Crippen LogP contribution in [0.1, 0.15) is 23.6 Å². The fourth-order valence-electron chi connectivity index (χ4n) is 4.10. The molecule has 1 aliphatic rings. The maximum Gasteiger partial charge on any atom is 0.327 e. The van der Waals surface area contributed by atoms with Gasteiger partial charge in [-0.1, -0.05) is 41.9 Å². The van der Waals surface area contributed by atoms with E-state index in [2.05, 4.69) is 10.00 Å². The summed E-state index contributed by atoms with van der Waals surface area (Å²) in [5.74, 6) is -0.198. The van der Waals surface area contributed by atoms with Gasteiger partial charge in [0.15, 0.2) is 0 Å². The Morgan fingerprint density at radius 1 is 1.03 bits per heavy atom. The zero-order chi connectivity index (χ0) is 23.2. The third-order valence-electron chi connectivity index (χ3n) is 5.93. The van der Waals surface area contributed by atoms with E-state index in [1.54, 1.807) is 12.1 Å². The van der Waals surface area contributed by atoms with Gasteiger partial charge in [0.1, 0.15) is 6.04 Å². The molecule has 2 heterocycles. The number of aryl methyl sites for hydroxylation is 1. The number of esters is 1. The number of piperazine rings is 1. The topological polar surface area (TPSA) is 67.7 Å². The molecule has 8 heteroatoms. The number of hydrogen-bond acceptors (Lipinski definition) is 5. The molecular formula is C25H27ClN4O3. The standard InChI is InChI=1S/C25H27ClN4O3/c1-33-25(32)24(20-8-10-21(26)11-9-20)29-15-13-28(14-16-29)23(31)12-7-19-17-27-30(18-19)22-5-3-2-4-6-22/h2-6,8-11,17-18,24H,7,12-16H2,1H3. The van der Waals surface area contributed by atoms with Crippen molar-refractivity contribution < 1.29 is 14.3 Å². The number of ether oxygens (including phenoxy) is 1. The molecule has 0 bridgehead atoms. The molecular weight excluding hydrogens is 440 g/mol. The summed E-state index contributed by atoms with van der Waals surface area (Å²) < 4.78 is 6.87. The van der Waals surface area contributed by atoms with Crippen LogP contribution in [0, 0.1) is 0 Å². The molecule has 1 unspecified atom stereocenters. The van der Waals surface area contributed by atoms with Gasteiger partial charge in [-0.05, 0) is 41.8 Å². The SMILES string of the molecule is COC(=O)C(c1ccc(Cl)cc1)N1CCN(C(=O)CCc2cnn(-c3ccccc3)c2)CC1. The van der Waals surface area contributed by atoms with Gasteiger partial charge in [0.05, 0.1) is 19.0 Å². The highest BCUT2D eigenvalue weighted by molar-refractivity contribution is 6.30. The minimum atomic E-state index is -0.506. The van der Waals surface area contributed by atoms with E-state index in [1.807, 2.05) is 64.4 Å². The van der Waals surface area contributed by atoms with Crippen LogP contribution in [0.25, 0.3) is 5.69 Å². The van der Waals surface area contributed by atoms with Crippen molar-refractivity contribution in [2.75, 3.05) is 33.3 Å². The molecule has 0 saturated carbocycles. The second kappa shape index (κ2) is 10.6. The fourth-order valence-corrected chi connectivity index (χ4v) is 4.23. The molecule has 172 valence electrons. The van der Waals surface area contributed by atoms with Crippen LogP contribution in [0.4, 0.5) is 0 Å². The zero-order valence-corrected chi connectivity index (χ0v) is 19.3. The predicted molar refractivity (Wildman–Crippen MR) is 126 cm³/mol. The van der Waals surface area contributed by atoms with Crippen molar-refractivity contribution in [3.05, 3.63) is 83.1 Å². The molecule has 1 aromatic heterocycles. The number of amides is 1. The highest BCUT2D eigenvalue weighted by Gasteiger charge is 2.32. The van der Waals surface area contributed by atoms with E-state index in [0.29, 0.717) is 44.0 Å². The van der Waals surface area contributed by atoms with E-state index in [-0.39, 0.29) is 11.9 Å². The number of carbonyl (C=O) groups excluding carboxylic acids is 2. The molecule has 1 atom stereocenters. The summed E-state index contributed by atoms with van der Waals surface area (Å²) in [6.07, 6.45) is 4.85. The van der Waals surface area contributed by atoms with Crippen molar-refractivity contribution in [3.8, 4) is 5.69 Å². The van der Waals surface area contributed by atoms with E-state index < -0.39 is 6.04 Å². The lowest BCUT2D eigenvalue weighted by Crippen LogP contribution is -2.51. The molecule has 0 radical (unpaired) electrons. The van der Waals surface area contributed by atoms with Gasteiger partial charge in [-0.2, -0.15) is 5.10 Å². The molecule has 0 spiro atoms. The Bertz CT molecular complexity index is 1080. The number of halogens is 1. The Hall–Kier alpha value is -3.16. The van der Waals surface area contributed by atoms with Crippen LogP contribution < -0.4 is 0 Å². The highest BCUT2D eigenvalue weighted by atomic mass is 35.5. The van der Waals surface area contributed by atoms with E-state index in [0.717, 1.165) is 16.8 Å². The first-order chi connectivity index (χ1) is 16.0. The van der Waals surface area contributed by atoms with Crippen molar-refractivity contribution in [2.24, 2.45) is 0 Å². The van der Waals surface area contributed by atoms with Crippen LogP contribution in [0.2, 0.25) is 5.02 Å². The van der Waals surface area contributed by atoms with Crippen LogP contribution in [0.15, 0.2) is 67.0 Å². The molecule has 0 aliphatic carbocycles. The number of carbonyl (C=O) groups is 2. The quantitative estimate of drug-likeness (QED) is 0.498. The molecule has 4 rings (SSSR count). The van der Waals surface area contributed by atoms with Gasteiger partial charge in [-0.15, -0.1) is 0 Å². The largest absolute Gasteiger partial charge is 0.468 e. The van der Waals surface area contributed by atoms with Crippen LogP contribution >= 0.6 is 11.6 Å². The molecule has 1 fully saturated rings. The minimum absolute atomic E-state index is 0.114. The van der Waals surface area contributed by atoms with Gasteiger partial charge in [0.2, 0.25) is 5.91 Å². The second-order valence-corrected chi connectivity index (χ2v) is 8.46. The summed E-state index contributed by atoms with van der Waals surface area (Å²) in [7, 11) is 1.39. The lowest BCUT2D eigenvalue weighted by Gasteiger charge is -2.38. The molecule has 33 heavy (non-hydrogen) atoms. The first-order valence-corrected chi connectivity index (χ1v) is 11.4. The van der Waals surface area contributed by atoms with Gasteiger partial charge in [0.25, 0.3) is 0 Å². The number of rotatable bonds is 7. The Morgan fingerprint density at radius 3 is 2.39 bits per heavy atom. The molecule has 0 N–H and O–H groups in total. The van der Waals surface area contributed by atoms with Crippen LogP contribution in [0.3, 0.4) is 0 Å². The van der Waals surface area contributed by atoms with Crippen LogP contribution in [-0.2, 0) is 20.7 Å². The summed E-state index contributed by atoms with van der Waals surface area (Å²) >= 11 is 6.00. The van der Waals surface area contributed by atoms with Gasteiger partial charge in [-0.3, -0.25) is 9.69 Å². The van der Waals surface area contributed by atoms with Crippen molar-refractivity contribution in [1.29, 1.82) is 0 Å². The monoisotopic (exact) mass is 466 g/mol. The summed E-state index contributed by atoms with van der Waals surface area (Å²) in [5.41, 5.74) is 2.85. The number of hydrogen-bond donors (Lipinski definition) is 0. The molecule has 1 saturated heterocycles. The summed E-state index contributed by atoms with van der Waals surface area (Å²) in [4.78, 5) is 29.2. The van der Waals surface area contributed by atoms with Crippen LogP contribution in [0.5, 0.6) is 0 Å². The molecule has 1 aliphatic heterocycles. The van der Waals surface area contributed by atoms with Crippen molar-refractivity contribution >= 4 is 23.5 Å². The maximum absolute atomic E-state index is 12.8. The molecule has 3 aromatic rings. The van der Waals surface area contributed by atoms with E-state index in [9.17, 15) is 9.59 Å². The number of nitrogens with zero attached hydrogens (tertiary/aromatic N) is 4. The number of para-hydroxylation sites is 1. The molecule has 7 nitrogen and oxygen atoms in total. The third kappa shape index (κ3) is 5.61. The number of methoxy groups -OCH3 is 1. The Balaban J connectivity index is 1.31. The van der Waals surface area contributed by atoms with Crippen molar-refractivity contribution in [1.82, 2.24) is 19.6 Å². The second-order valence-electron chi connectivity index (χ2n) is 8.02. The average molecular weight is 467 g/mol. The maximum atomic E-state index is 12.8. The third-order valence-corrected chi connectivity index (χ3v) is 6.18. The highest BCUT2D eigenvalue weighted by Crippen LogP contribution is 2.25. The first-order valence-electron chi connectivity index (χ1n) is 11.0. The summed E-state index contributed by atoms with van der Waals surface area (Å²) in [6.45, 7) is 2.34. The Kier molecular flexibility index (Phi) is 7.42. The van der Waals surface area contributed by atoms with Crippen molar-refractivity contribution in [2.45, 2.75) is 18.9 Å². The fraction of sp³-hybridized carbons (Fsp3) is 0.320. The minimum Gasteiger partial charge on any atom is -0.468 e.